The van der Waals surface area contributed by atoms with Crippen molar-refractivity contribution in [1.82, 2.24) is 0 Å². The van der Waals surface area contributed by atoms with E-state index in [4.69, 9.17) is 0 Å². The molecule has 0 radical (unpaired) electrons. The van der Waals surface area contributed by atoms with Crippen LogP contribution in [-0.2, 0) is 0 Å². The maximum absolute atomic E-state index is 9.85. The molecule has 2 heteroatoms. The molecule has 2 nitrogen and oxygen atoms in total. The molecule has 0 aliphatic carbocycles. The van der Waals surface area contributed by atoms with Crippen molar-refractivity contribution in [2.24, 2.45) is 0 Å². The van der Waals surface area contributed by atoms with Gasteiger partial charge in [0.1, 0.15) is 5.75 Å². The van der Waals surface area contributed by atoms with Crippen LogP contribution < -0.4 is 0 Å². The lowest BCUT2D eigenvalue weighted by Gasteiger charge is -2.11. The van der Waals surface area contributed by atoms with E-state index in [9.17, 15) is 10.2 Å². The van der Waals surface area contributed by atoms with E-state index in [1.165, 1.54) is 0 Å². The van der Waals surface area contributed by atoms with E-state index < -0.39 is 5.60 Å². The molecule has 98 valence electrons. The zero-order valence-electron chi connectivity index (χ0n) is 11.2. The van der Waals surface area contributed by atoms with Gasteiger partial charge in [-0.05, 0) is 37.1 Å². The van der Waals surface area contributed by atoms with Crippen molar-refractivity contribution in [3.63, 3.8) is 0 Å². The van der Waals surface area contributed by atoms with Gasteiger partial charge in [-0.3, -0.25) is 0 Å². The third-order valence-electron chi connectivity index (χ3n) is 2.81. The zero-order chi connectivity index (χ0) is 13.9. The van der Waals surface area contributed by atoms with Gasteiger partial charge in [0, 0.05) is 5.56 Å². The van der Waals surface area contributed by atoms with Crippen LogP contribution >= 0.6 is 0 Å². The van der Waals surface area contributed by atoms with E-state index in [-0.39, 0.29) is 5.75 Å². The molecule has 0 saturated heterocycles. The number of hydrogen-bond donors (Lipinski definition) is 2. The SMILES string of the molecule is CC(C)(O)/C=C/c1cc(-c2ccccc2)ccc1O. The molecular weight excluding hydrogens is 236 g/mol. The molecule has 0 spiro atoms. The monoisotopic (exact) mass is 254 g/mol. The maximum atomic E-state index is 9.85. The Balaban J connectivity index is 2.38. The second-order valence-corrected chi connectivity index (χ2v) is 5.13. The molecule has 0 bridgehead atoms. The van der Waals surface area contributed by atoms with Gasteiger partial charge in [0.15, 0.2) is 0 Å². The zero-order valence-corrected chi connectivity index (χ0v) is 11.2. The first-order valence-corrected chi connectivity index (χ1v) is 6.26. The Kier molecular flexibility index (Phi) is 3.72. The summed E-state index contributed by atoms with van der Waals surface area (Å²) < 4.78 is 0. The Morgan fingerprint density at radius 1 is 0.947 bits per heavy atom. The number of aliphatic hydroxyl groups is 1. The number of benzene rings is 2. The predicted octanol–water partition coefficient (Wildman–Crippen LogP) is 3.84. The highest BCUT2D eigenvalue weighted by atomic mass is 16.3. The smallest absolute Gasteiger partial charge is 0.122 e. The number of phenols is 1. The maximum Gasteiger partial charge on any atom is 0.122 e. The van der Waals surface area contributed by atoms with Crippen molar-refractivity contribution in [2.45, 2.75) is 19.4 Å². The highest BCUT2D eigenvalue weighted by Crippen LogP contribution is 2.27. The second kappa shape index (κ2) is 5.29. The molecule has 0 fully saturated rings. The standard InChI is InChI=1S/C17H18O2/c1-17(2,19)11-10-15-12-14(8-9-16(15)18)13-6-4-3-5-7-13/h3-12,18-19H,1-2H3/b11-10+. The van der Waals surface area contributed by atoms with E-state index in [1.807, 2.05) is 42.5 Å². The summed E-state index contributed by atoms with van der Waals surface area (Å²) in [6, 6.07) is 15.4. The van der Waals surface area contributed by atoms with Gasteiger partial charge < -0.3 is 10.2 Å². The number of phenolic OH excluding ortho intramolecular Hbond substituents is 1. The predicted molar refractivity (Wildman–Crippen MR) is 78.9 cm³/mol. The lowest BCUT2D eigenvalue weighted by molar-refractivity contribution is 0.134. The van der Waals surface area contributed by atoms with E-state index in [0.29, 0.717) is 5.56 Å². The lowest BCUT2D eigenvalue weighted by atomic mass is 10.0. The number of aromatic hydroxyl groups is 1. The molecule has 0 heterocycles. The molecule has 0 amide bonds. The molecule has 0 saturated carbocycles. The minimum absolute atomic E-state index is 0.209. The minimum Gasteiger partial charge on any atom is -0.507 e. The highest BCUT2D eigenvalue weighted by molar-refractivity contribution is 5.70. The number of hydrogen-bond acceptors (Lipinski definition) is 2. The van der Waals surface area contributed by atoms with Crippen molar-refractivity contribution < 1.29 is 10.2 Å². The van der Waals surface area contributed by atoms with Gasteiger partial charge in [-0.25, -0.2) is 0 Å². The molecule has 2 rings (SSSR count). The van der Waals surface area contributed by atoms with Crippen LogP contribution in [0.4, 0.5) is 0 Å². The number of rotatable bonds is 3. The molecule has 2 aromatic carbocycles. The summed E-state index contributed by atoms with van der Waals surface area (Å²) in [5.41, 5.74) is 1.94. The molecule has 0 unspecified atom stereocenters. The van der Waals surface area contributed by atoms with Crippen LogP contribution in [0.5, 0.6) is 5.75 Å². The molecule has 0 aromatic heterocycles. The second-order valence-electron chi connectivity index (χ2n) is 5.13. The Bertz CT molecular complexity index is 578. The molecule has 19 heavy (non-hydrogen) atoms. The van der Waals surface area contributed by atoms with Crippen LogP contribution in [0.1, 0.15) is 19.4 Å². The van der Waals surface area contributed by atoms with Crippen LogP contribution in [0, 0.1) is 0 Å². The summed E-state index contributed by atoms with van der Waals surface area (Å²) in [5.74, 6) is 0.209. The first kappa shape index (κ1) is 13.4. The third-order valence-corrected chi connectivity index (χ3v) is 2.81. The Hall–Kier alpha value is -2.06. The van der Waals surface area contributed by atoms with Gasteiger partial charge in [0.2, 0.25) is 0 Å². The fourth-order valence-electron chi connectivity index (χ4n) is 1.79. The first-order chi connectivity index (χ1) is 8.96. The fourth-order valence-corrected chi connectivity index (χ4v) is 1.79. The highest BCUT2D eigenvalue weighted by Gasteiger charge is 2.07. The summed E-state index contributed by atoms with van der Waals surface area (Å²) in [4.78, 5) is 0. The first-order valence-electron chi connectivity index (χ1n) is 6.26. The summed E-state index contributed by atoms with van der Waals surface area (Å²) >= 11 is 0. The lowest BCUT2D eigenvalue weighted by Crippen LogP contribution is -2.13. The van der Waals surface area contributed by atoms with Crippen molar-refractivity contribution in [3.05, 3.63) is 60.2 Å². The molecule has 0 aliphatic heterocycles. The van der Waals surface area contributed by atoms with Crippen LogP contribution in [0.15, 0.2) is 54.6 Å². The van der Waals surface area contributed by atoms with Gasteiger partial charge in [0.25, 0.3) is 0 Å². The van der Waals surface area contributed by atoms with Crippen molar-refractivity contribution >= 4 is 6.08 Å². The molecular formula is C17H18O2. The summed E-state index contributed by atoms with van der Waals surface area (Å²) in [5, 5.41) is 19.5. The van der Waals surface area contributed by atoms with Gasteiger partial charge in [-0.15, -0.1) is 0 Å². The van der Waals surface area contributed by atoms with Gasteiger partial charge >= 0.3 is 0 Å². The summed E-state index contributed by atoms with van der Waals surface area (Å²) in [7, 11) is 0. The van der Waals surface area contributed by atoms with Crippen LogP contribution in [-0.4, -0.2) is 15.8 Å². The fraction of sp³-hybridized carbons (Fsp3) is 0.176. The Labute approximate surface area is 113 Å². The van der Waals surface area contributed by atoms with Gasteiger partial charge in [-0.1, -0.05) is 48.6 Å². The molecule has 0 aliphatic rings. The third kappa shape index (κ3) is 3.70. The van der Waals surface area contributed by atoms with Gasteiger partial charge in [0.05, 0.1) is 5.60 Å². The average Bonchev–Trinajstić information content (AvgIpc) is 2.38. The minimum atomic E-state index is -0.894. The van der Waals surface area contributed by atoms with Crippen molar-refractivity contribution in [3.8, 4) is 16.9 Å². The largest absolute Gasteiger partial charge is 0.507 e. The molecule has 2 N–H and O–H groups in total. The Morgan fingerprint density at radius 2 is 1.63 bits per heavy atom. The van der Waals surface area contributed by atoms with Crippen molar-refractivity contribution in [2.75, 3.05) is 0 Å². The van der Waals surface area contributed by atoms with E-state index >= 15 is 0 Å². The topological polar surface area (TPSA) is 40.5 Å². The van der Waals surface area contributed by atoms with E-state index in [1.54, 1.807) is 32.1 Å². The van der Waals surface area contributed by atoms with Crippen molar-refractivity contribution in [1.29, 1.82) is 0 Å². The van der Waals surface area contributed by atoms with E-state index in [2.05, 4.69) is 0 Å². The van der Waals surface area contributed by atoms with Crippen LogP contribution in [0.2, 0.25) is 0 Å². The average molecular weight is 254 g/mol. The van der Waals surface area contributed by atoms with Gasteiger partial charge in [-0.2, -0.15) is 0 Å². The quantitative estimate of drug-likeness (QED) is 0.873. The van der Waals surface area contributed by atoms with Crippen LogP contribution in [0.25, 0.3) is 17.2 Å². The molecule has 2 aromatic rings. The Morgan fingerprint density at radius 3 is 2.26 bits per heavy atom. The summed E-state index contributed by atoms with van der Waals surface area (Å²) in [6.07, 6.45) is 3.40. The van der Waals surface area contributed by atoms with E-state index in [0.717, 1.165) is 11.1 Å². The molecule has 0 atom stereocenters. The normalized spacial score (nSPS) is 11.9. The summed E-state index contributed by atoms with van der Waals surface area (Å²) in [6.45, 7) is 3.39. The van der Waals surface area contributed by atoms with Crippen LogP contribution in [0.3, 0.4) is 0 Å².